The summed E-state index contributed by atoms with van der Waals surface area (Å²) in [5, 5.41) is 1.88. The van der Waals surface area contributed by atoms with E-state index in [0.29, 0.717) is 19.4 Å². The molecule has 2 bridgehead atoms. The Kier molecular flexibility index (Phi) is 6.30. The SMILES string of the molecule is COc1ccc(C(=O)C2CC3CCCC(C2)N3C(=O)OCC2c3ccccc3-c3ccccc32)c2ccccc12. The third-order valence-electron chi connectivity index (χ3n) is 9.26. The number of benzene rings is 4. The van der Waals surface area contributed by atoms with Gasteiger partial charge in [-0.1, -0.05) is 72.8 Å². The second kappa shape index (κ2) is 10.1. The maximum atomic E-state index is 13.9. The van der Waals surface area contributed by atoms with Gasteiger partial charge < -0.3 is 14.4 Å². The third kappa shape index (κ3) is 4.07. The summed E-state index contributed by atoms with van der Waals surface area (Å²) in [6.45, 7) is 0.322. The Balaban J connectivity index is 1.09. The van der Waals surface area contributed by atoms with Crippen LogP contribution in [0.4, 0.5) is 4.79 Å². The first-order valence-corrected chi connectivity index (χ1v) is 14.4. The van der Waals surface area contributed by atoms with Gasteiger partial charge in [0.05, 0.1) is 7.11 Å². The minimum Gasteiger partial charge on any atom is -0.496 e. The summed E-state index contributed by atoms with van der Waals surface area (Å²) in [7, 11) is 1.66. The number of piperidine rings is 2. The second-order valence-electron chi connectivity index (χ2n) is 11.3. The summed E-state index contributed by atoms with van der Waals surface area (Å²) < 4.78 is 11.6. The van der Waals surface area contributed by atoms with E-state index < -0.39 is 0 Å². The van der Waals surface area contributed by atoms with Gasteiger partial charge in [-0.25, -0.2) is 4.79 Å². The van der Waals surface area contributed by atoms with E-state index in [1.807, 2.05) is 41.3 Å². The Morgan fingerprint density at radius 3 is 2.02 bits per heavy atom. The van der Waals surface area contributed by atoms with Crippen molar-refractivity contribution in [3.63, 3.8) is 0 Å². The molecule has 2 heterocycles. The van der Waals surface area contributed by atoms with E-state index in [0.717, 1.165) is 41.3 Å². The number of hydrogen-bond donors (Lipinski definition) is 0. The molecule has 2 fully saturated rings. The molecule has 0 radical (unpaired) electrons. The fourth-order valence-corrected chi connectivity index (χ4v) is 7.45. The topological polar surface area (TPSA) is 55.8 Å². The van der Waals surface area contributed by atoms with Crippen LogP contribution in [0.5, 0.6) is 5.75 Å². The van der Waals surface area contributed by atoms with Gasteiger partial charge in [-0.3, -0.25) is 4.79 Å². The number of ether oxygens (including phenoxy) is 2. The number of Topliss-reactive ketones (excluding diaryl/α,β-unsaturated/α-hetero) is 1. The highest BCUT2D eigenvalue weighted by Gasteiger charge is 2.44. The first-order chi connectivity index (χ1) is 19.6. The summed E-state index contributed by atoms with van der Waals surface area (Å²) >= 11 is 0. The van der Waals surface area contributed by atoms with Crippen LogP contribution in [0.1, 0.15) is 59.5 Å². The Labute approximate surface area is 234 Å². The predicted octanol–water partition coefficient (Wildman–Crippen LogP) is 7.61. The van der Waals surface area contributed by atoms with E-state index in [9.17, 15) is 9.59 Å². The average Bonchev–Trinajstić information content (AvgIpc) is 3.32. The molecule has 3 aliphatic rings. The maximum Gasteiger partial charge on any atom is 0.410 e. The number of fused-ring (bicyclic) bond motifs is 6. The van der Waals surface area contributed by atoms with Gasteiger partial charge in [0, 0.05) is 34.9 Å². The average molecular weight is 532 g/mol. The third-order valence-corrected chi connectivity index (χ3v) is 9.26. The smallest absolute Gasteiger partial charge is 0.410 e. The van der Waals surface area contributed by atoms with Crippen molar-refractivity contribution in [3.8, 4) is 16.9 Å². The van der Waals surface area contributed by atoms with Crippen LogP contribution in [0.25, 0.3) is 21.9 Å². The zero-order valence-corrected chi connectivity index (χ0v) is 22.7. The molecule has 2 unspecified atom stereocenters. The molecular formula is C35H33NO4. The number of carbonyl (C=O) groups excluding carboxylic acids is 2. The monoisotopic (exact) mass is 531 g/mol. The first-order valence-electron chi connectivity index (χ1n) is 14.4. The molecule has 0 spiro atoms. The number of rotatable bonds is 5. The van der Waals surface area contributed by atoms with Crippen molar-refractivity contribution in [1.29, 1.82) is 0 Å². The number of amides is 1. The van der Waals surface area contributed by atoms with Gasteiger partial charge in [0.15, 0.2) is 5.78 Å². The Morgan fingerprint density at radius 1 is 0.775 bits per heavy atom. The van der Waals surface area contributed by atoms with Crippen molar-refractivity contribution < 1.29 is 19.1 Å². The molecule has 5 heteroatoms. The van der Waals surface area contributed by atoms with Crippen molar-refractivity contribution in [2.45, 2.75) is 50.1 Å². The van der Waals surface area contributed by atoms with E-state index in [1.54, 1.807) is 7.11 Å². The van der Waals surface area contributed by atoms with Gasteiger partial charge in [-0.2, -0.15) is 0 Å². The normalized spacial score (nSPS) is 21.5. The standard InChI is InChI=1S/C35H33NO4/c1-39-33-18-17-31(29-15-6-7-16-30(29)33)34(37)22-19-23-9-8-10-24(20-22)36(23)35(38)40-21-32-27-13-4-2-11-25(27)26-12-3-5-14-28(26)32/h2-7,11-18,22-24,32H,8-10,19-21H2,1H3. The molecule has 40 heavy (non-hydrogen) atoms. The minimum absolute atomic E-state index is 0.0293. The largest absolute Gasteiger partial charge is 0.496 e. The van der Waals surface area contributed by atoms with Gasteiger partial charge in [-0.15, -0.1) is 0 Å². The Hall–Kier alpha value is -4.12. The quantitative estimate of drug-likeness (QED) is 0.249. The molecule has 0 saturated carbocycles. The number of carbonyl (C=O) groups is 2. The van der Waals surface area contributed by atoms with Crippen LogP contribution in [0, 0.1) is 5.92 Å². The highest BCUT2D eigenvalue weighted by Crippen LogP contribution is 2.45. The number of hydrogen-bond acceptors (Lipinski definition) is 4. The van der Waals surface area contributed by atoms with Crippen LogP contribution >= 0.6 is 0 Å². The first kappa shape index (κ1) is 24.9. The number of ketones is 1. The molecule has 202 valence electrons. The fraction of sp³-hybridized carbons (Fsp3) is 0.314. The van der Waals surface area contributed by atoms with Crippen LogP contribution < -0.4 is 4.74 Å². The summed E-state index contributed by atoms with van der Waals surface area (Å²) in [5.74, 6) is 0.875. The van der Waals surface area contributed by atoms with Crippen LogP contribution in [0.15, 0.2) is 84.9 Å². The number of methoxy groups -OCH3 is 1. The molecule has 1 amide bonds. The van der Waals surface area contributed by atoms with Crippen LogP contribution in [0.2, 0.25) is 0 Å². The van der Waals surface area contributed by atoms with E-state index in [1.165, 1.54) is 22.3 Å². The maximum absolute atomic E-state index is 13.9. The van der Waals surface area contributed by atoms with Gasteiger partial charge in [0.25, 0.3) is 0 Å². The molecule has 4 aromatic carbocycles. The lowest BCUT2D eigenvalue weighted by atomic mass is 9.75. The Morgan fingerprint density at radius 2 is 1.38 bits per heavy atom. The number of nitrogens with zero attached hydrogens (tertiary/aromatic N) is 1. The molecule has 5 nitrogen and oxygen atoms in total. The molecular weight excluding hydrogens is 498 g/mol. The molecule has 0 aromatic heterocycles. The second-order valence-corrected chi connectivity index (χ2v) is 11.3. The molecule has 2 aliphatic heterocycles. The highest BCUT2D eigenvalue weighted by molar-refractivity contribution is 6.10. The molecule has 2 saturated heterocycles. The zero-order chi connectivity index (χ0) is 27.2. The molecule has 0 N–H and O–H groups in total. The minimum atomic E-state index is -0.239. The van der Waals surface area contributed by atoms with Crippen molar-refractivity contribution in [2.75, 3.05) is 13.7 Å². The van der Waals surface area contributed by atoms with Gasteiger partial charge in [-0.05, 0) is 71.9 Å². The van der Waals surface area contributed by atoms with Gasteiger partial charge in [0.1, 0.15) is 12.4 Å². The van der Waals surface area contributed by atoms with Crippen LogP contribution in [0.3, 0.4) is 0 Å². The predicted molar refractivity (Wildman–Crippen MR) is 156 cm³/mol. The van der Waals surface area contributed by atoms with E-state index >= 15 is 0 Å². The van der Waals surface area contributed by atoms with Gasteiger partial charge >= 0.3 is 6.09 Å². The Bertz CT molecular complexity index is 1550. The molecule has 7 rings (SSSR count). The van der Waals surface area contributed by atoms with Crippen molar-refractivity contribution in [2.24, 2.45) is 5.92 Å². The van der Waals surface area contributed by atoms with E-state index in [2.05, 4.69) is 48.5 Å². The lowest BCUT2D eigenvalue weighted by molar-refractivity contribution is 0.00654. The van der Waals surface area contributed by atoms with E-state index in [-0.39, 0.29) is 35.8 Å². The highest BCUT2D eigenvalue weighted by atomic mass is 16.6. The van der Waals surface area contributed by atoms with Crippen molar-refractivity contribution in [3.05, 3.63) is 102 Å². The van der Waals surface area contributed by atoms with E-state index in [4.69, 9.17) is 9.47 Å². The summed E-state index contributed by atoms with van der Waals surface area (Å²) in [6.07, 6.45) is 4.02. The van der Waals surface area contributed by atoms with Gasteiger partial charge in [0.2, 0.25) is 0 Å². The van der Waals surface area contributed by atoms with Crippen molar-refractivity contribution >= 4 is 22.6 Å². The summed E-state index contributed by atoms with van der Waals surface area (Å²) in [6, 6.07) is 28.6. The lowest BCUT2D eigenvalue weighted by Crippen LogP contribution is -2.55. The van der Waals surface area contributed by atoms with Crippen molar-refractivity contribution in [1.82, 2.24) is 4.90 Å². The lowest BCUT2D eigenvalue weighted by Gasteiger charge is -2.47. The molecule has 2 atom stereocenters. The molecule has 1 aliphatic carbocycles. The zero-order valence-electron chi connectivity index (χ0n) is 22.7. The fourth-order valence-electron chi connectivity index (χ4n) is 7.45. The summed E-state index contributed by atoms with van der Waals surface area (Å²) in [5.41, 5.74) is 5.62. The van der Waals surface area contributed by atoms with Crippen LogP contribution in [-0.4, -0.2) is 42.6 Å². The van der Waals surface area contributed by atoms with Crippen LogP contribution in [-0.2, 0) is 4.74 Å². The summed E-state index contributed by atoms with van der Waals surface area (Å²) in [4.78, 5) is 29.4. The molecule has 4 aromatic rings.